The molecule has 0 spiro atoms. The Hall–Kier alpha value is -2.37. The Labute approximate surface area is 130 Å². The molecule has 1 aromatic heterocycles. The van der Waals surface area contributed by atoms with Crippen LogP contribution in [0.1, 0.15) is 19.5 Å². The van der Waals surface area contributed by atoms with Gasteiger partial charge in [0.05, 0.1) is 11.4 Å². The second kappa shape index (κ2) is 7.59. The zero-order chi connectivity index (χ0) is 15.9. The topological polar surface area (TPSA) is 54.2 Å². The van der Waals surface area contributed by atoms with Crippen molar-refractivity contribution in [3.05, 3.63) is 48.0 Å². The molecule has 2 N–H and O–H groups in total. The second-order valence-electron chi connectivity index (χ2n) is 5.28. The molecule has 0 aliphatic rings. The van der Waals surface area contributed by atoms with Gasteiger partial charge in [-0.15, -0.1) is 0 Å². The fourth-order valence-corrected chi connectivity index (χ4v) is 2.01. The average Bonchev–Trinajstić information content (AvgIpc) is 2.95. The predicted molar refractivity (Wildman–Crippen MR) is 86.9 cm³/mol. The number of hydrogen-bond donors (Lipinski definition) is 2. The Balaban J connectivity index is 1.88. The fraction of sp³-hybridized carbons (Fsp3) is 0.375. The highest BCUT2D eigenvalue weighted by Crippen LogP contribution is 2.09. The van der Waals surface area contributed by atoms with Crippen LogP contribution in [0.2, 0.25) is 0 Å². The fourth-order valence-electron chi connectivity index (χ4n) is 2.01. The number of nitrogens with zero attached hydrogens (tertiary/aromatic N) is 3. The maximum atomic E-state index is 12.9. The Morgan fingerprint density at radius 3 is 2.64 bits per heavy atom. The summed E-state index contributed by atoms with van der Waals surface area (Å²) in [6.45, 7) is 4.88. The average molecular weight is 303 g/mol. The molecule has 2 aromatic rings. The number of nitrogens with one attached hydrogen (secondary N) is 2. The molecule has 0 aliphatic heterocycles. The number of aliphatic imine (C=N–C) groups is 1. The zero-order valence-electron chi connectivity index (χ0n) is 13.2. The van der Waals surface area contributed by atoms with Crippen molar-refractivity contribution in [3.8, 4) is 5.69 Å². The van der Waals surface area contributed by atoms with E-state index < -0.39 is 0 Å². The summed E-state index contributed by atoms with van der Waals surface area (Å²) in [6, 6.07) is 8.57. The van der Waals surface area contributed by atoms with Gasteiger partial charge in [-0.2, -0.15) is 5.10 Å². The summed E-state index contributed by atoms with van der Waals surface area (Å²) < 4.78 is 14.7. The number of halogens is 1. The van der Waals surface area contributed by atoms with Gasteiger partial charge in [-0.05, 0) is 44.2 Å². The molecular formula is C16H22FN5. The molecule has 0 amide bonds. The van der Waals surface area contributed by atoms with Crippen LogP contribution in [0.4, 0.5) is 4.39 Å². The van der Waals surface area contributed by atoms with E-state index in [4.69, 9.17) is 0 Å². The van der Waals surface area contributed by atoms with Gasteiger partial charge in [-0.3, -0.25) is 4.99 Å². The van der Waals surface area contributed by atoms with Crippen molar-refractivity contribution in [3.63, 3.8) is 0 Å². The molecule has 0 saturated heterocycles. The minimum Gasteiger partial charge on any atom is -0.356 e. The van der Waals surface area contributed by atoms with Gasteiger partial charge in [0, 0.05) is 32.3 Å². The van der Waals surface area contributed by atoms with Crippen molar-refractivity contribution >= 4 is 5.96 Å². The van der Waals surface area contributed by atoms with Crippen molar-refractivity contribution in [1.29, 1.82) is 0 Å². The van der Waals surface area contributed by atoms with Crippen molar-refractivity contribution in [2.45, 2.75) is 26.3 Å². The molecule has 0 radical (unpaired) electrons. The Morgan fingerprint density at radius 1 is 1.27 bits per heavy atom. The lowest BCUT2D eigenvalue weighted by Gasteiger charge is -2.13. The smallest absolute Gasteiger partial charge is 0.191 e. The number of hydrogen-bond acceptors (Lipinski definition) is 2. The van der Waals surface area contributed by atoms with E-state index in [1.54, 1.807) is 23.9 Å². The van der Waals surface area contributed by atoms with Crippen LogP contribution in [0.15, 0.2) is 41.5 Å². The highest BCUT2D eigenvalue weighted by Gasteiger charge is 2.03. The summed E-state index contributed by atoms with van der Waals surface area (Å²) in [5, 5.41) is 11.0. The van der Waals surface area contributed by atoms with Gasteiger partial charge in [0.1, 0.15) is 5.82 Å². The minimum absolute atomic E-state index is 0.246. The molecule has 0 unspecified atom stereocenters. The Kier molecular flexibility index (Phi) is 5.52. The maximum absolute atomic E-state index is 12.9. The van der Waals surface area contributed by atoms with Gasteiger partial charge in [0.15, 0.2) is 5.96 Å². The van der Waals surface area contributed by atoms with E-state index in [1.165, 1.54) is 12.1 Å². The van der Waals surface area contributed by atoms with Gasteiger partial charge in [-0.25, -0.2) is 9.07 Å². The normalized spacial score (nSPS) is 11.8. The first kappa shape index (κ1) is 16.0. The molecule has 2 rings (SSSR count). The third-order valence-corrected chi connectivity index (χ3v) is 3.06. The van der Waals surface area contributed by atoms with E-state index in [0.717, 1.165) is 30.3 Å². The molecule has 118 valence electrons. The highest BCUT2D eigenvalue weighted by molar-refractivity contribution is 5.79. The molecule has 0 bridgehead atoms. The predicted octanol–water partition coefficient (Wildman–Crippen LogP) is 2.13. The number of benzene rings is 1. The van der Waals surface area contributed by atoms with E-state index in [2.05, 4.69) is 34.6 Å². The molecule has 5 nitrogen and oxygen atoms in total. The van der Waals surface area contributed by atoms with Crippen molar-refractivity contribution in [2.75, 3.05) is 13.6 Å². The second-order valence-corrected chi connectivity index (χ2v) is 5.28. The van der Waals surface area contributed by atoms with Gasteiger partial charge in [-0.1, -0.05) is 0 Å². The first-order chi connectivity index (χ1) is 10.6. The van der Waals surface area contributed by atoms with E-state index in [-0.39, 0.29) is 5.82 Å². The SMILES string of the molecule is CN=C(NCCc1ccn(-c2ccc(F)cc2)n1)NC(C)C. The summed E-state index contributed by atoms with van der Waals surface area (Å²) in [7, 11) is 1.75. The maximum Gasteiger partial charge on any atom is 0.191 e. The van der Waals surface area contributed by atoms with Crippen LogP contribution < -0.4 is 10.6 Å². The number of aromatic nitrogens is 2. The van der Waals surface area contributed by atoms with Gasteiger partial charge >= 0.3 is 0 Å². The molecule has 0 fully saturated rings. The number of rotatable bonds is 5. The van der Waals surface area contributed by atoms with Crippen molar-refractivity contribution in [1.82, 2.24) is 20.4 Å². The molecule has 1 aromatic carbocycles. The molecule has 1 heterocycles. The number of guanidine groups is 1. The largest absolute Gasteiger partial charge is 0.356 e. The molecular weight excluding hydrogens is 281 g/mol. The molecule has 0 saturated carbocycles. The standard InChI is InChI=1S/C16H22FN5/c1-12(2)20-16(18-3)19-10-8-14-9-11-22(21-14)15-6-4-13(17)5-7-15/h4-7,9,11-12H,8,10H2,1-3H3,(H2,18,19,20). The molecule has 6 heteroatoms. The Morgan fingerprint density at radius 2 is 2.00 bits per heavy atom. The summed E-state index contributed by atoms with van der Waals surface area (Å²) >= 11 is 0. The van der Waals surface area contributed by atoms with Crippen LogP contribution in [0.5, 0.6) is 0 Å². The summed E-state index contributed by atoms with van der Waals surface area (Å²) in [4.78, 5) is 4.15. The van der Waals surface area contributed by atoms with Crippen LogP contribution in [-0.2, 0) is 6.42 Å². The Bertz CT molecular complexity index is 616. The highest BCUT2D eigenvalue weighted by atomic mass is 19.1. The van der Waals surface area contributed by atoms with E-state index >= 15 is 0 Å². The summed E-state index contributed by atoms with van der Waals surface area (Å²) in [5.41, 5.74) is 1.81. The third kappa shape index (κ3) is 4.58. The zero-order valence-corrected chi connectivity index (χ0v) is 13.2. The van der Waals surface area contributed by atoms with Crippen molar-refractivity contribution < 1.29 is 4.39 Å². The van der Waals surface area contributed by atoms with Gasteiger partial charge in [0.2, 0.25) is 0 Å². The van der Waals surface area contributed by atoms with Gasteiger partial charge in [0.25, 0.3) is 0 Å². The molecule has 0 aliphatic carbocycles. The lowest BCUT2D eigenvalue weighted by atomic mass is 10.3. The lowest BCUT2D eigenvalue weighted by molar-refractivity contribution is 0.627. The van der Waals surface area contributed by atoms with E-state index in [0.29, 0.717) is 6.04 Å². The quantitative estimate of drug-likeness (QED) is 0.657. The van der Waals surface area contributed by atoms with Crippen LogP contribution in [0.25, 0.3) is 5.69 Å². The monoisotopic (exact) mass is 303 g/mol. The van der Waals surface area contributed by atoms with Crippen LogP contribution in [0, 0.1) is 5.82 Å². The first-order valence-corrected chi connectivity index (χ1v) is 7.36. The summed E-state index contributed by atoms with van der Waals surface area (Å²) in [6.07, 6.45) is 2.66. The van der Waals surface area contributed by atoms with Gasteiger partial charge < -0.3 is 10.6 Å². The molecule has 0 atom stereocenters. The van der Waals surface area contributed by atoms with E-state index in [9.17, 15) is 4.39 Å². The molecule has 22 heavy (non-hydrogen) atoms. The van der Waals surface area contributed by atoms with E-state index in [1.807, 2.05) is 12.3 Å². The lowest BCUT2D eigenvalue weighted by Crippen LogP contribution is -2.41. The minimum atomic E-state index is -0.246. The first-order valence-electron chi connectivity index (χ1n) is 7.36. The van der Waals surface area contributed by atoms with Crippen LogP contribution in [-0.4, -0.2) is 35.4 Å². The third-order valence-electron chi connectivity index (χ3n) is 3.06. The van der Waals surface area contributed by atoms with Crippen LogP contribution in [0.3, 0.4) is 0 Å². The van der Waals surface area contributed by atoms with Crippen molar-refractivity contribution in [2.24, 2.45) is 4.99 Å². The summed E-state index contributed by atoms with van der Waals surface area (Å²) in [5.74, 6) is 0.539. The van der Waals surface area contributed by atoms with Crippen LogP contribution >= 0.6 is 0 Å².